The number of morpholine rings is 1. The zero-order chi connectivity index (χ0) is 14.4. The van der Waals surface area contributed by atoms with E-state index in [1.165, 1.54) is 0 Å². The van der Waals surface area contributed by atoms with Gasteiger partial charge in [0.25, 0.3) is 0 Å². The normalized spacial score (nSPS) is 20.1. The number of nitrogens with one attached hydrogen (secondary N) is 1. The van der Waals surface area contributed by atoms with Crippen LogP contribution in [-0.2, 0) is 9.53 Å². The molecule has 2 rings (SSSR count). The molecule has 1 fully saturated rings. The van der Waals surface area contributed by atoms with Gasteiger partial charge in [-0.25, -0.2) is 0 Å². The number of anilines is 1. The Balaban J connectivity index is 1.79. The van der Waals surface area contributed by atoms with Gasteiger partial charge in [0.15, 0.2) is 0 Å². The number of ether oxygens (including phenoxy) is 1. The molecule has 1 aliphatic heterocycles. The molecule has 0 aliphatic carbocycles. The fourth-order valence-electron chi connectivity index (χ4n) is 2.28. The average Bonchev–Trinajstić information content (AvgIpc) is 2.39. The lowest BCUT2D eigenvalue weighted by molar-refractivity contribution is -0.119. The average molecular weight is 278 g/mol. The van der Waals surface area contributed by atoms with Crippen LogP contribution >= 0.6 is 0 Å². The summed E-state index contributed by atoms with van der Waals surface area (Å²) in [5.74, 6) is 0.00158. The molecule has 1 aromatic heterocycles. The minimum atomic E-state index is 0.00158. The number of aromatic nitrogens is 1. The molecule has 1 N–H and O–H groups in total. The van der Waals surface area contributed by atoms with Gasteiger partial charge in [0, 0.05) is 37.7 Å². The van der Waals surface area contributed by atoms with Crippen LogP contribution in [0.4, 0.5) is 5.69 Å². The van der Waals surface area contributed by atoms with Gasteiger partial charge in [-0.1, -0.05) is 0 Å². The molecule has 6 heteroatoms. The number of likely N-dealkylation sites (N-methyl/N-ethyl adjacent to an activating group) is 1. The van der Waals surface area contributed by atoms with Crippen LogP contribution in [0.1, 0.15) is 0 Å². The zero-order valence-corrected chi connectivity index (χ0v) is 12.1. The monoisotopic (exact) mass is 278 g/mol. The number of carbonyl (C=O) groups is 1. The lowest BCUT2D eigenvalue weighted by Gasteiger charge is -2.33. The lowest BCUT2D eigenvalue weighted by atomic mass is 10.2. The standard InChI is InChI=1S/C14H22N4O2/c1-17(2)9-13-10-18(7-8-20-13)11-14(19)16-12-3-5-15-6-4-12/h3-6,13H,7-11H2,1-2H3,(H,15,16,19). The van der Waals surface area contributed by atoms with Crippen LogP contribution in [0.2, 0.25) is 0 Å². The van der Waals surface area contributed by atoms with Crippen LogP contribution in [0.5, 0.6) is 0 Å². The number of nitrogens with zero attached hydrogens (tertiary/aromatic N) is 3. The van der Waals surface area contributed by atoms with Crippen molar-refractivity contribution >= 4 is 11.6 Å². The van der Waals surface area contributed by atoms with Crippen LogP contribution in [-0.4, -0.2) is 73.7 Å². The molecule has 1 atom stereocenters. The van der Waals surface area contributed by atoms with Gasteiger partial charge in [-0.15, -0.1) is 0 Å². The Kier molecular flexibility index (Phi) is 5.46. The number of carbonyl (C=O) groups excluding carboxylic acids is 1. The van der Waals surface area contributed by atoms with E-state index in [9.17, 15) is 4.79 Å². The third-order valence-corrected chi connectivity index (χ3v) is 3.12. The third-order valence-electron chi connectivity index (χ3n) is 3.12. The van der Waals surface area contributed by atoms with Crippen molar-refractivity contribution in [2.24, 2.45) is 0 Å². The largest absolute Gasteiger partial charge is 0.374 e. The quantitative estimate of drug-likeness (QED) is 0.838. The molecule has 110 valence electrons. The van der Waals surface area contributed by atoms with Crippen LogP contribution in [0.15, 0.2) is 24.5 Å². The summed E-state index contributed by atoms with van der Waals surface area (Å²) in [6, 6.07) is 3.57. The summed E-state index contributed by atoms with van der Waals surface area (Å²) >= 11 is 0. The summed E-state index contributed by atoms with van der Waals surface area (Å²) in [5.41, 5.74) is 0.781. The highest BCUT2D eigenvalue weighted by Crippen LogP contribution is 2.07. The van der Waals surface area contributed by atoms with E-state index in [1.54, 1.807) is 24.5 Å². The molecule has 1 aromatic rings. The van der Waals surface area contributed by atoms with Gasteiger partial charge in [0.1, 0.15) is 0 Å². The smallest absolute Gasteiger partial charge is 0.238 e. The van der Waals surface area contributed by atoms with Crippen molar-refractivity contribution in [2.45, 2.75) is 6.10 Å². The van der Waals surface area contributed by atoms with Crippen LogP contribution < -0.4 is 5.32 Å². The Bertz CT molecular complexity index is 424. The molecule has 6 nitrogen and oxygen atoms in total. The first kappa shape index (κ1) is 14.9. The van der Waals surface area contributed by atoms with Gasteiger partial charge in [-0.05, 0) is 26.2 Å². The molecule has 1 amide bonds. The SMILES string of the molecule is CN(C)CC1CN(CC(=O)Nc2ccncc2)CCO1. The Morgan fingerprint density at radius 3 is 2.95 bits per heavy atom. The van der Waals surface area contributed by atoms with E-state index < -0.39 is 0 Å². The highest BCUT2D eigenvalue weighted by Gasteiger charge is 2.22. The molecule has 2 heterocycles. The van der Waals surface area contributed by atoms with E-state index >= 15 is 0 Å². The van der Waals surface area contributed by atoms with Crippen molar-refractivity contribution in [2.75, 3.05) is 52.2 Å². The van der Waals surface area contributed by atoms with E-state index in [0.29, 0.717) is 13.2 Å². The van der Waals surface area contributed by atoms with Crippen molar-refractivity contribution in [3.05, 3.63) is 24.5 Å². The van der Waals surface area contributed by atoms with Crippen molar-refractivity contribution in [1.29, 1.82) is 0 Å². The summed E-state index contributed by atoms with van der Waals surface area (Å²) in [4.78, 5) is 20.1. The first-order valence-corrected chi connectivity index (χ1v) is 6.82. The summed E-state index contributed by atoms with van der Waals surface area (Å²) in [6.07, 6.45) is 3.50. The van der Waals surface area contributed by atoms with E-state index in [1.807, 2.05) is 14.1 Å². The van der Waals surface area contributed by atoms with Crippen molar-refractivity contribution < 1.29 is 9.53 Å². The van der Waals surface area contributed by atoms with Gasteiger partial charge in [-0.2, -0.15) is 0 Å². The second-order valence-electron chi connectivity index (χ2n) is 5.27. The molecule has 0 radical (unpaired) electrons. The van der Waals surface area contributed by atoms with Gasteiger partial charge >= 0.3 is 0 Å². The second-order valence-corrected chi connectivity index (χ2v) is 5.27. The fraction of sp³-hybridized carbons (Fsp3) is 0.571. The molecular formula is C14H22N4O2. The topological polar surface area (TPSA) is 57.7 Å². The number of amides is 1. The Morgan fingerprint density at radius 2 is 2.25 bits per heavy atom. The highest BCUT2D eigenvalue weighted by atomic mass is 16.5. The Hall–Kier alpha value is -1.50. The van der Waals surface area contributed by atoms with Crippen LogP contribution in [0.3, 0.4) is 0 Å². The molecule has 0 bridgehead atoms. The van der Waals surface area contributed by atoms with Crippen molar-refractivity contribution in [1.82, 2.24) is 14.8 Å². The van der Waals surface area contributed by atoms with Gasteiger partial charge in [0.05, 0.1) is 19.3 Å². The summed E-state index contributed by atoms with van der Waals surface area (Å²) < 4.78 is 5.70. The lowest BCUT2D eigenvalue weighted by Crippen LogP contribution is -2.48. The van der Waals surface area contributed by atoms with E-state index in [-0.39, 0.29) is 12.0 Å². The van der Waals surface area contributed by atoms with Gasteiger partial charge in [0.2, 0.25) is 5.91 Å². The number of hydrogen-bond acceptors (Lipinski definition) is 5. The maximum atomic E-state index is 12.0. The molecule has 1 unspecified atom stereocenters. The molecule has 20 heavy (non-hydrogen) atoms. The van der Waals surface area contributed by atoms with E-state index in [4.69, 9.17) is 4.74 Å². The minimum Gasteiger partial charge on any atom is -0.374 e. The fourth-order valence-corrected chi connectivity index (χ4v) is 2.28. The van der Waals surface area contributed by atoms with Crippen LogP contribution in [0, 0.1) is 0 Å². The predicted molar refractivity (Wildman–Crippen MR) is 77.6 cm³/mol. The molecule has 0 saturated carbocycles. The summed E-state index contributed by atoms with van der Waals surface area (Å²) in [6.45, 7) is 3.55. The van der Waals surface area contributed by atoms with Gasteiger partial charge < -0.3 is 15.0 Å². The zero-order valence-electron chi connectivity index (χ0n) is 12.1. The predicted octanol–water partition coefficient (Wildman–Crippen LogP) is 0.283. The maximum absolute atomic E-state index is 12.0. The molecular weight excluding hydrogens is 256 g/mol. The first-order chi connectivity index (χ1) is 9.63. The Labute approximate surface area is 119 Å². The highest BCUT2D eigenvalue weighted by molar-refractivity contribution is 5.92. The maximum Gasteiger partial charge on any atom is 0.238 e. The number of hydrogen-bond donors (Lipinski definition) is 1. The first-order valence-electron chi connectivity index (χ1n) is 6.82. The Morgan fingerprint density at radius 1 is 1.50 bits per heavy atom. The van der Waals surface area contributed by atoms with Gasteiger partial charge in [-0.3, -0.25) is 14.7 Å². The third kappa shape index (κ3) is 4.88. The number of pyridine rings is 1. The van der Waals surface area contributed by atoms with E-state index in [0.717, 1.165) is 25.3 Å². The summed E-state index contributed by atoms with van der Waals surface area (Å²) in [7, 11) is 4.05. The molecule has 0 aromatic carbocycles. The summed E-state index contributed by atoms with van der Waals surface area (Å²) in [5, 5.41) is 2.87. The molecule has 0 spiro atoms. The van der Waals surface area contributed by atoms with Crippen molar-refractivity contribution in [3.63, 3.8) is 0 Å². The van der Waals surface area contributed by atoms with Crippen LogP contribution in [0.25, 0.3) is 0 Å². The minimum absolute atomic E-state index is 0.00158. The van der Waals surface area contributed by atoms with E-state index in [2.05, 4.69) is 20.1 Å². The number of rotatable bonds is 5. The molecule has 1 saturated heterocycles. The van der Waals surface area contributed by atoms with Crippen molar-refractivity contribution in [3.8, 4) is 0 Å². The second kappa shape index (κ2) is 7.33. The molecule has 1 aliphatic rings.